The van der Waals surface area contributed by atoms with Gasteiger partial charge in [0, 0.05) is 31.5 Å². The number of anilines is 1. The van der Waals surface area contributed by atoms with Crippen molar-refractivity contribution in [2.75, 3.05) is 24.5 Å². The lowest BCUT2D eigenvalue weighted by molar-refractivity contribution is -0.117. The van der Waals surface area contributed by atoms with Crippen LogP contribution in [0.4, 0.5) is 5.69 Å². The Morgan fingerprint density at radius 3 is 2.48 bits per heavy atom. The fraction of sp³-hybridized carbons (Fsp3) is 0.409. The van der Waals surface area contributed by atoms with Gasteiger partial charge in [0.05, 0.1) is 22.8 Å². The van der Waals surface area contributed by atoms with Crippen molar-refractivity contribution in [2.45, 2.75) is 48.3 Å². The molecule has 0 saturated carbocycles. The Bertz CT molecular complexity index is 1040. The molecule has 0 N–H and O–H groups in total. The summed E-state index contributed by atoms with van der Waals surface area (Å²) in [6.07, 6.45) is 3.35. The first-order chi connectivity index (χ1) is 14.8. The number of rotatable bonds is 8. The number of hydrogen-bond acceptors (Lipinski definition) is 6. The van der Waals surface area contributed by atoms with E-state index in [1.165, 1.54) is 22.3 Å². The SMILES string of the molecule is Cc1ccc(N(CCC#N)C(=O)C(C)Sc2ccc(S(=O)(=O)N3CCCC3)cn2)cc1. The number of thioether (sulfide) groups is 1. The maximum atomic E-state index is 13.1. The zero-order valence-electron chi connectivity index (χ0n) is 17.7. The second-order valence-corrected chi connectivity index (χ2v) is 10.7. The number of carbonyl (C=O) groups is 1. The predicted molar refractivity (Wildman–Crippen MR) is 121 cm³/mol. The fourth-order valence-corrected chi connectivity index (χ4v) is 5.68. The lowest BCUT2D eigenvalue weighted by Gasteiger charge is -2.25. The summed E-state index contributed by atoms with van der Waals surface area (Å²) in [5.41, 5.74) is 1.84. The number of nitrogens with zero attached hydrogens (tertiary/aromatic N) is 4. The van der Waals surface area contributed by atoms with Crippen LogP contribution >= 0.6 is 11.8 Å². The molecular weight excluding hydrogens is 432 g/mol. The average molecular weight is 459 g/mol. The van der Waals surface area contributed by atoms with Crippen molar-refractivity contribution in [1.29, 1.82) is 5.26 Å². The highest BCUT2D eigenvalue weighted by Gasteiger charge is 2.28. The number of aromatic nitrogens is 1. The molecular formula is C22H26N4O3S2. The summed E-state index contributed by atoms with van der Waals surface area (Å²) in [5, 5.41) is 9.10. The molecule has 0 aliphatic carbocycles. The van der Waals surface area contributed by atoms with E-state index < -0.39 is 15.3 Å². The first-order valence-corrected chi connectivity index (χ1v) is 12.5. The smallest absolute Gasteiger partial charge is 0.244 e. The summed E-state index contributed by atoms with van der Waals surface area (Å²) >= 11 is 1.27. The van der Waals surface area contributed by atoms with Crippen LogP contribution in [0.3, 0.4) is 0 Å². The van der Waals surface area contributed by atoms with Crippen LogP contribution in [0.1, 0.15) is 31.7 Å². The van der Waals surface area contributed by atoms with Gasteiger partial charge >= 0.3 is 0 Å². The van der Waals surface area contributed by atoms with Gasteiger partial charge in [0.15, 0.2) is 0 Å². The molecule has 2 aromatic rings. The Kier molecular flexibility index (Phi) is 7.70. The Labute approximate surface area is 188 Å². The van der Waals surface area contributed by atoms with Crippen molar-refractivity contribution in [3.63, 3.8) is 0 Å². The van der Waals surface area contributed by atoms with Crippen LogP contribution in [-0.4, -0.2) is 48.5 Å². The van der Waals surface area contributed by atoms with Crippen molar-refractivity contribution in [3.05, 3.63) is 48.2 Å². The monoisotopic (exact) mass is 458 g/mol. The van der Waals surface area contributed by atoms with Crippen LogP contribution < -0.4 is 4.90 Å². The molecule has 0 bridgehead atoms. The van der Waals surface area contributed by atoms with Crippen molar-refractivity contribution >= 4 is 33.4 Å². The normalized spacial score (nSPS) is 15.4. The lowest BCUT2D eigenvalue weighted by atomic mass is 10.2. The predicted octanol–water partition coefficient (Wildman–Crippen LogP) is 3.60. The molecule has 2 heterocycles. The number of aryl methyl sites for hydroxylation is 1. The third-order valence-electron chi connectivity index (χ3n) is 5.12. The molecule has 1 aromatic heterocycles. The summed E-state index contributed by atoms with van der Waals surface area (Å²) < 4.78 is 26.8. The van der Waals surface area contributed by atoms with Crippen molar-refractivity contribution in [2.24, 2.45) is 0 Å². The van der Waals surface area contributed by atoms with Crippen molar-refractivity contribution < 1.29 is 13.2 Å². The van der Waals surface area contributed by atoms with Gasteiger partial charge in [0.2, 0.25) is 15.9 Å². The zero-order chi connectivity index (χ0) is 22.4. The summed E-state index contributed by atoms with van der Waals surface area (Å²) in [4.78, 5) is 19.2. The van der Waals surface area contributed by atoms with Gasteiger partial charge in [-0.3, -0.25) is 4.79 Å². The van der Waals surface area contributed by atoms with E-state index in [0.717, 1.165) is 24.1 Å². The molecule has 1 saturated heterocycles. The second-order valence-electron chi connectivity index (χ2n) is 7.44. The van der Waals surface area contributed by atoms with Gasteiger partial charge in [-0.25, -0.2) is 13.4 Å². The molecule has 31 heavy (non-hydrogen) atoms. The quantitative estimate of drug-likeness (QED) is 0.561. The van der Waals surface area contributed by atoms with Gasteiger partial charge < -0.3 is 4.90 Å². The molecule has 7 nitrogen and oxygen atoms in total. The molecule has 1 aliphatic rings. The van der Waals surface area contributed by atoms with E-state index in [4.69, 9.17) is 5.26 Å². The number of hydrogen-bond donors (Lipinski definition) is 0. The molecule has 1 amide bonds. The summed E-state index contributed by atoms with van der Waals surface area (Å²) in [7, 11) is -3.51. The molecule has 9 heteroatoms. The number of sulfonamides is 1. The molecule has 1 fully saturated rings. The van der Waals surface area contributed by atoms with Crippen LogP contribution in [-0.2, 0) is 14.8 Å². The number of nitriles is 1. The van der Waals surface area contributed by atoms with Crippen molar-refractivity contribution in [3.8, 4) is 6.07 Å². The first kappa shape index (κ1) is 23.3. The van der Waals surface area contributed by atoms with Crippen molar-refractivity contribution in [1.82, 2.24) is 9.29 Å². The summed E-state index contributed by atoms with van der Waals surface area (Å²) in [6.45, 7) is 5.16. The molecule has 1 aliphatic heterocycles. The van der Waals surface area contributed by atoms with Gasteiger partial charge in [-0.15, -0.1) is 0 Å². The maximum Gasteiger partial charge on any atom is 0.244 e. The Morgan fingerprint density at radius 1 is 1.23 bits per heavy atom. The van der Waals surface area contributed by atoms with Crippen LogP contribution in [0.25, 0.3) is 0 Å². The van der Waals surface area contributed by atoms with Gasteiger partial charge in [-0.1, -0.05) is 29.5 Å². The number of carbonyl (C=O) groups excluding carboxylic acids is 1. The van der Waals surface area contributed by atoms with E-state index in [2.05, 4.69) is 11.1 Å². The standard InChI is InChI=1S/C22H26N4O3S2/c1-17-6-8-19(9-7-17)26(15-5-12-23)22(27)18(2)30-21-11-10-20(16-24-21)31(28,29)25-13-3-4-14-25/h6-11,16,18H,3-5,13-15H2,1-2H3. The van der Waals surface area contributed by atoms with E-state index in [0.29, 0.717) is 24.7 Å². The molecule has 0 spiro atoms. The minimum Gasteiger partial charge on any atom is -0.310 e. The fourth-order valence-electron chi connectivity index (χ4n) is 3.37. The van der Waals surface area contributed by atoms with Gasteiger partial charge in [-0.05, 0) is 51.0 Å². The van der Waals surface area contributed by atoms with Gasteiger partial charge in [0.25, 0.3) is 0 Å². The molecule has 0 radical (unpaired) electrons. The van der Waals surface area contributed by atoms with E-state index in [-0.39, 0.29) is 17.2 Å². The van der Waals surface area contributed by atoms with Crippen LogP contribution in [0.15, 0.2) is 52.5 Å². The second kappa shape index (κ2) is 10.3. The van der Waals surface area contributed by atoms with Crippen LogP contribution in [0.2, 0.25) is 0 Å². The summed E-state index contributed by atoms with van der Waals surface area (Å²) in [6, 6.07) is 12.9. The zero-order valence-corrected chi connectivity index (χ0v) is 19.3. The highest BCUT2D eigenvalue weighted by Crippen LogP contribution is 2.27. The minimum absolute atomic E-state index is 0.125. The minimum atomic E-state index is -3.51. The number of amides is 1. The largest absolute Gasteiger partial charge is 0.310 e. The molecule has 164 valence electrons. The van der Waals surface area contributed by atoms with E-state index in [1.807, 2.05) is 31.2 Å². The topological polar surface area (TPSA) is 94.4 Å². The third kappa shape index (κ3) is 5.64. The van der Waals surface area contributed by atoms with Gasteiger partial charge in [0.1, 0.15) is 4.90 Å². The van der Waals surface area contributed by atoms with Crippen LogP contribution in [0, 0.1) is 18.3 Å². The van der Waals surface area contributed by atoms with E-state index in [9.17, 15) is 13.2 Å². The molecule has 1 atom stereocenters. The summed E-state index contributed by atoms with van der Waals surface area (Å²) in [5.74, 6) is -0.125. The molecule has 3 rings (SSSR count). The lowest BCUT2D eigenvalue weighted by Crippen LogP contribution is -2.37. The van der Waals surface area contributed by atoms with E-state index >= 15 is 0 Å². The first-order valence-electron chi connectivity index (χ1n) is 10.2. The highest BCUT2D eigenvalue weighted by molar-refractivity contribution is 8.00. The average Bonchev–Trinajstić information content (AvgIpc) is 3.31. The number of pyridine rings is 1. The maximum absolute atomic E-state index is 13.1. The highest BCUT2D eigenvalue weighted by atomic mass is 32.2. The third-order valence-corrected chi connectivity index (χ3v) is 8.04. The Balaban J connectivity index is 1.71. The van der Waals surface area contributed by atoms with Crippen LogP contribution in [0.5, 0.6) is 0 Å². The Morgan fingerprint density at radius 2 is 1.90 bits per heavy atom. The number of benzene rings is 1. The molecule has 1 aromatic carbocycles. The van der Waals surface area contributed by atoms with E-state index in [1.54, 1.807) is 24.0 Å². The van der Waals surface area contributed by atoms with Gasteiger partial charge in [-0.2, -0.15) is 9.57 Å². The molecule has 1 unspecified atom stereocenters. The Hall–Kier alpha value is -2.41.